The summed E-state index contributed by atoms with van der Waals surface area (Å²) in [5, 5.41) is 20.0. The number of benzene rings is 1. The van der Waals surface area contributed by atoms with Gasteiger partial charge in [-0.15, -0.1) is 0 Å². The lowest BCUT2D eigenvalue weighted by molar-refractivity contribution is -0.00934. The molecule has 0 fully saturated rings. The molecule has 0 saturated carbocycles. The van der Waals surface area contributed by atoms with Gasteiger partial charge in [0.2, 0.25) is 0 Å². The summed E-state index contributed by atoms with van der Waals surface area (Å²) in [6.07, 6.45) is -0.743. The van der Waals surface area contributed by atoms with Gasteiger partial charge in [-0.25, -0.2) is 0 Å². The molecule has 0 spiro atoms. The highest BCUT2D eigenvalue weighted by Crippen LogP contribution is 2.38. The summed E-state index contributed by atoms with van der Waals surface area (Å²) in [6, 6.07) is 9.34. The normalized spacial score (nSPS) is 16.6. The second-order valence-corrected chi connectivity index (χ2v) is 5.27. The first-order chi connectivity index (χ1) is 7.77. The molecule has 0 aliphatic heterocycles. The van der Waals surface area contributed by atoms with E-state index in [1.54, 1.807) is 6.92 Å². The van der Waals surface area contributed by atoms with Crippen LogP contribution in [0.2, 0.25) is 0 Å². The number of hydrogen-bond donors (Lipinski definition) is 2. The SMILES string of the molecule is CC(O)C#CC(O)(c1ccccc1)C(C)(C)C. The maximum absolute atomic E-state index is 10.8. The lowest BCUT2D eigenvalue weighted by Gasteiger charge is -2.36. The van der Waals surface area contributed by atoms with Crippen LogP contribution in [0.25, 0.3) is 0 Å². The van der Waals surface area contributed by atoms with Crippen molar-refractivity contribution in [1.29, 1.82) is 0 Å². The minimum Gasteiger partial charge on any atom is -0.381 e. The Labute approximate surface area is 103 Å². The first-order valence-corrected chi connectivity index (χ1v) is 5.76. The third-order valence-corrected chi connectivity index (χ3v) is 2.74. The number of aliphatic hydroxyl groups excluding tert-OH is 1. The van der Waals surface area contributed by atoms with Gasteiger partial charge < -0.3 is 10.2 Å². The molecule has 0 bridgehead atoms. The van der Waals surface area contributed by atoms with Gasteiger partial charge in [-0.05, 0) is 12.5 Å². The van der Waals surface area contributed by atoms with Gasteiger partial charge >= 0.3 is 0 Å². The maximum atomic E-state index is 10.8. The molecule has 2 N–H and O–H groups in total. The summed E-state index contributed by atoms with van der Waals surface area (Å²) in [5.74, 6) is 5.45. The van der Waals surface area contributed by atoms with E-state index in [9.17, 15) is 10.2 Å². The monoisotopic (exact) mass is 232 g/mol. The predicted molar refractivity (Wildman–Crippen MR) is 69.3 cm³/mol. The Morgan fingerprint density at radius 2 is 1.65 bits per heavy atom. The summed E-state index contributed by atoms with van der Waals surface area (Å²) in [4.78, 5) is 0. The Hall–Kier alpha value is -1.30. The molecule has 0 aromatic heterocycles. The van der Waals surface area contributed by atoms with Gasteiger partial charge in [0.25, 0.3) is 0 Å². The molecule has 1 aromatic rings. The quantitative estimate of drug-likeness (QED) is 0.729. The van der Waals surface area contributed by atoms with E-state index in [0.717, 1.165) is 5.56 Å². The Kier molecular flexibility index (Phi) is 3.98. The van der Waals surface area contributed by atoms with E-state index in [0.29, 0.717) is 0 Å². The zero-order chi connectivity index (χ0) is 13.1. The molecule has 1 aromatic carbocycles. The van der Waals surface area contributed by atoms with Crippen LogP contribution in [0, 0.1) is 17.3 Å². The summed E-state index contributed by atoms with van der Waals surface area (Å²) < 4.78 is 0. The molecule has 0 saturated heterocycles. The second kappa shape index (κ2) is 4.91. The molecule has 1 rings (SSSR count). The first kappa shape index (κ1) is 13.8. The van der Waals surface area contributed by atoms with Crippen molar-refractivity contribution in [1.82, 2.24) is 0 Å². The van der Waals surface area contributed by atoms with Gasteiger partial charge in [0.05, 0.1) is 0 Å². The molecule has 2 atom stereocenters. The molecular formula is C15H20O2. The van der Waals surface area contributed by atoms with Crippen LogP contribution in [-0.4, -0.2) is 16.3 Å². The van der Waals surface area contributed by atoms with Crippen LogP contribution in [0.5, 0.6) is 0 Å². The highest BCUT2D eigenvalue weighted by Gasteiger charge is 2.40. The minimum absolute atomic E-state index is 0.434. The van der Waals surface area contributed by atoms with Crippen molar-refractivity contribution < 1.29 is 10.2 Å². The van der Waals surface area contributed by atoms with E-state index >= 15 is 0 Å². The summed E-state index contributed by atoms with van der Waals surface area (Å²) in [6.45, 7) is 7.37. The van der Waals surface area contributed by atoms with Gasteiger partial charge in [0.1, 0.15) is 6.10 Å². The van der Waals surface area contributed by atoms with Crippen LogP contribution < -0.4 is 0 Å². The molecule has 0 radical (unpaired) electrons. The molecule has 92 valence electrons. The lowest BCUT2D eigenvalue weighted by Crippen LogP contribution is -2.38. The van der Waals surface area contributed by atoms with Gasteiger partial charge in [0, 0.05) is 5.41 Å². The summed E-state index contributed by atoms with van der Waals surface area (Å²) >= 11 is 0. The fourth-order valence-electron chi connectivity index (χ4n) is 1.58. The van der Waals surface area contributed by atoms with Crippen molar-refractivity contribution in [2.45, 2.75) is 39.4 Å². The standard InChI is InChI=1S/C15H20O2/c1-12(16)10-11-15(17,14(2,3)4)13-8-6-5-7-9-13/h5-9,12,16-17H,1-4H3. The predicted octanol–water partition coefficient (Wildman–Crippen LogP) is 2.30. The van der Waals surface area contributed by atoms with Gasteiger partial charge in [-0.3, -0.25) is 0 Å². The number of hydrogen-bond acceptors (Lipinski definition) is 2. The molecule has 0 aliphatic carbocycles. The van der Waals surface area contributed by atoms with Crippen LogP contribution in [0.1, 0.15) is 33.3 Å². The van der Waals surface area contributed by atoms with E-state index < -0.39 is 17.1 Å². The average molecular weight is 232 g/mol. The molecule has 2 heteroatoms. The van der Waals surface area contributed by atoms with Crippen LogP contribution in [0.4, 0.5) is 0 Å². The highest BCUT2D eigenvalue weighted by molar-refractivity contribution is 5.34. The maximum Gasteiger partial charge on any atom is 0.155 e. The topological polar surface area (TPSA) is 40.5 Å². The van der Waals surface area contributed by atoms with E-state index in [1.165, 1.54) is 0 Å². The fraction of sp³-hybridized carbons (Fsp3) is 0.467. The number of aliphatic hydroxyl groups is 2. The molecule has 0 aliphatic rings. The first-order valence-electron chi connectivity index (χ1n) is 5.76. The molecule has 0 amide bonds. The van der Waals surface area contributed by atoms with E-state index in [4.69, 9.17) is 0 Å². The Balaban J connectivity index is 3.28. The van der Waals surface area contributed by atoms with Crippen molar-refractivity contribution in [3.05, 3.63) is 35.9 Å². The third kappa shape index (κ3) is 3.09. The van der Waals surface area contributed by atoms with Crippen molar-refractivity contribution in [2.75, 3.05) is 0 Å². The summed E-state index contributed by atoms with van der Waals surface area (Å²) in [7, 11) is 0. The molecule has 17 heavy (non-hydrogen) atoms. The second-order valence-electron chi connectivity index (χ2n) is 5.27. The Morgan fingerprint density at radius 3 is 2.06 bits per heavy atom. The zero-order valence-corrected chi connectivity index (χ0v) is 10.9. The Bertz CT molecular complexity index is 418. The molecule has 2 nitrogen and oxygen atoms in total. The van der Waals surface area contributed by atoms with Crippen LogP contribution in [0.15, 0.2) is 30.3 Å². The van der Waals surface area contributed by atoms with Gasteiger partial charge in [-0.1, -0.05) is 62.9 Å². The van der Waals surface area contributed by atoms with Crippen molar-refractivity contribution in [3.63, 3.8) is 0 Å². The zero-order valence-electron chi connectivity index (χ0n) is 10.9. The van der Waals surface area contributed by atoms with Crippen LogP contribution >= 0.6 is 0 Å². The number of rotatable bonds is 1. The lowest BCUT2D eigenvalue weighted by atomic mass is 9.72. The van der Waals surface area contributed by atoms with Crippen LogP contribution in [0.3, 0.4) is 0 Å². The molecule has 0 heterocycles. The highest BCUT2D eigenvalue weighted by atomic mass is 16.3. The summed E-state index contributed by atoms with van der Waals surface area (Å²) in [5.41, 5.74) is -0.942. The van der Waals surface area contributed by atoms with Crippen molar-refractivity contribution in [3.8, 4) is 11.8 Å². The average Bonchev–Trinajstić information content (AvgIpc) is 2.25. The largest absolute Gasteiger partial charge is 0.381 e. The smallest absolute Gasteiger partial charge is 0.155 e. The van der Waals surface area contributed by atoms with Crippen molar-refractivity contribution >= 4 is 0 Å². The van der Waals surface area contributed by atoms with Crippen LogP contribution in [-0.2, 0) is 5.60 Å². The van der Waals surface area contributed by atoms with Gasteiger partial charge in [-0.2, -0.15) is 0 Å². The minimum atomic E-state index is -1.26. The Morgan fingerprint density at radius 1 is 1.12 bits per heavy atom. The van der Waals surface area contributed by atoms with E-state index in [-0.39, 0.29) is 0 Å². The fourth-order valence-corrected chi connectivity index (χ4v) is 1.58. The van der Waals surface area contributed by atoms with Gasteiger partial charge in [0.15, 0.2) is 5.60 Å². The molecular weight excluding hydrogens is 212 g/mol. The molecule has 2 unspecified atom stereocenters. The third-order valence-electron chi connectivity index (χ3n) is 2.74. The van der Waals surface area contributed by atoms with E-state index in [2.05, 4.69) is 11.8 Å². The van der Waals surface area contributed by atoms with Crippen molar-refractivity contribution in [2.24, 2.45) is 5.41 Å². The van der Waals surface area contributed by atoms with E-state index in [1.807, 2.05) is 51.1 Å².